The monoisotopic (exact) mass is 513 g/mol. The number of amides is 3. The van der Waals surface area contributed by atoms with Gasteiger partial charge in [0.15, 0.2) is 0 Å². The van der Waals surface area contributed by atoms with E-state index in [0.29, 0.717) is 55.2 Å². The van der Waals surface area contributed by atoms with Crippen LogP contribution in [0.1, 0.15) is 25.3 Å². The molecule has 12 heteroatoms. The molecule has 0 saturated carbocycles. The minimum absolute atomic E-state index is 0.107. The number of anilines is 1. The Morgan fingerprint density at radius 3 is 2.55 bits per heavy atom. The highest BCUT2D eigenvalue weighted by atomic mass is 16.3. The molecule has 6 heterocycles. The van der Waals surface area contributed by atoms with Crippen molar-refractivity contribution in [3.63, 3.8) is 0 Å². The molecule has 0 spiro atoms. The number of aliphatic hydroxyl groups excluding tert-OH is 1. The van der Waals surface area contributed by atoms with Gasteiger partial charge in [0.05, 0.1) is 23.4 Å². The lowest BCUT2D eigenvalue weighted by atomic mass is 9.99. The van der Waals surface area contributed by atoms with Gasteiger partial charge in [-0.05, 0) is 38.0 Å². The molecule has 1 fully saturated rings. The van der Waals surface area contributed by atoms with E-state index in [2.05, 4.69) is 20.1 Å². The zero-order valence-electron chi connectivity index (χ0n) is 21.1. The Balaban J connectivity index is 1.37. The average molecular weight is 514 g/mol. The van der Waals surface area contributed by atoms with Crippen LogP contribution in [0.3, 0.4) is 0 Å². The number of urea groups is 1. The van der Waals surface area contributed by atoms with E-state index in [1.54, 1.807) is 52.4 Å². The van der Waals surface area contributed by atoms with Crippen LogP contribution >= 0.6 is 0 Å². The van der Waals surface area contributed by atoms with E-state index in [-0.39, 0.29) is 18.0 Å². The van der Waals surface area contributed by atoms with Gasteiger partial charge in [-0.1, -0.05) is 0 Å². The second kappa shape index (κ2) is 9.45. The molecule has 0 unspecified atom stereocenters. The fourth-order valence-electron chi connectivity index (χ4n) is 5.15. The molecule has 2 aliphatic heterocycles. The molecule has 4 aromatic rings. The first-order valence-electron chi connectivity index (χ1n) is 12.5. The summed E-state index contributed by atoms with van der Waals surface area (Å²) in [6, 6.07) is 5.34. The van der Waals surface area contributed by atoms with Crippen molar-refractivity contribution >= 4 is 28.7 Å². The van der Waals surface area contributed by atoms with Gasteiger partial charge >= 0.3 is 6.03 Å². The number of rotatable bonds is 4. The summed E-state index contributed by atoms with van der Waals surface area (Å²) in [4.78, 5) is 49.4. The minimum atomic E-state index is -1.04. The Kier molecular flexibility index (Phi) is 5.95. The number of likely N-dealkylation sites (tertiary alicyclic amines) is 1. The zero-order chi connectivity index (χ0) is 26.4. The smallest absolute Gasteiger partial charge is 0.324 e. The number of hydrogen-bond donors (Lipinski definition) is 1. The summed E-state index contributed by atoms with van der Waals surface area (Å²) in [7, 11) is 1.77. The Morgan fingerprint density at radius 2 is 1.87 bits per heavy atom. The summed E-state index contributed by atoms with van der Waals surface area (Å²) >= 11 is 0. The maximum atomic E-state index is 13.5. The number of fused-ring (bicyclic) bond motifs is 3. The molecule has 1 atom stereocenters. The van der Waals surface area contributed by atoms with Crippen molar-refractivity contribution < 1.29 is 14.7 Å². The van der Waals surface area contributed by atoms with Gasteiger partial charge in [-0.15, -0.1) is 0 Å². The van der Waals surface area contributed by atoms with Crippen molar-refractivity contribution in [2.24, 2.45) is 0 Å². The standard InChI is InChI=1S/C26H27N9O3/c1-16(36)24(37)33-10-6-19(7-11-33)35-23-18(15-32(2)26(35)38)14-27-21-5-4-20(31-22(21)23)17-12-28-25(29-13-17)34-9-3-8-30-34/h3-5,8-9,12-14,16,19,36H,6-7,10-11,15H2,1-2H3/t16-/m1/s1. The van der Waals surface area contributed by atoms with Gasteiger partial charge in [-0.25, -0.2) is 24.4 Å². The van der Waals surface area contributed by atoms with Crippen molar-refractivity contribution in [3.8, 4) is 17.2 Å². The SMILES string of the molecule is C[C@@H](O)C(=O)N1CCC(N2C(=O)N(C)Cc3cnc4ccc(-c5cnc(-n6cccn6)nc5)nc4c32)CC1. The van der Waals surface area contributed by atoms with E-state index in [4.69, 9.17) is 4.98 Å². The molecule has 0 radical (unpaired) electrons. The third-order valence-electron chi connectivity index (χ3n) is 7.08. The van der Waals surface area contributed by atoms with Crippen LogP contribution in [0.25, 0.3) is 28.2 Å². The summed E-state index contributed by atoms with van der Waals surface area (Å²) in [5, 5.41) is 13.9. The second-order valence-corrected chi connectivity index (χ2v) is 9.66. The summed E-state index contributed by atoms with van der Waals surface area (Å²) in [6.07, 6.45) is 8.81. The number of pyridine rings is 2. The molecule has 194 valence electrons. The third kappa shape index (κ3) is 4.12. The number of piperidine rings is 1. The highest BCUT2D eigenvalue weighted by Crippen LogP contribution is 2.37. The lowest BCUT2D eigenvalue weighted by molar-refractivity contribution is -0.140. The maximum Gasteiger partial charge on any atom is 0.324 e. The first-order valence-corrected chi connectivity index (χ1v) is 12.5. The van der Waals surface area contributed by atoms with Gasteiger partial charge in [-0.3, -0.25) is 14.7 Å². The zero-order valence-corrected chi connectivity index (χ0v) is 21.1. The highest BCUT2D eigenvalue weighted by molar-refractivity contribution is 6.04. The Bertz CT molecular complexity index is 1500. The quantitative estimate of drug-likeness (QED) is 0.438. The third-order valence-corrected chi connectivity index (χ3v) is 7.08. The maximum absolute atomic E-state index is 13.5. The van der Waals surface area contributed by atoms with E-state index in [0.717, 1.165) is 16.8 Å². The fraction of sp³-hybridized carbons (Fsp3) is 0.346. The Labute approximate surface area is 218 Å². The van der Waals surface area contributed by atoms with E-state index in [1.807, 2.05) is 23.2 Å². The minimum Gasteiger partial charge on any atom is -0.384 e. The van der Waals surface area contributed by atoms with Crippen LogP contribution in [-0.2, 0) is 11.3 Å². The lowest BCUT2D eigenvalue weighted by Crippen LogP contribution is -2.55. The fourth-order valence-corrected chi connectivity index (χ4v) is 5.15. The Hall–Kier alpha value is -4.45. The number of carbonyl (C=O) groups is 2. The largest absolute Gasteiger partial charge is 0.384 e. The molecule has 0 bridgehead atoms. The normalized spacial score (nSPS) is 17.1. The number of aromatic nitrogens is 6. The summed E-state index contributed by atoms with van der Waals surface area (Å²) in [5.74, 6) is 0.173. The first-order chi connectivity index (χ1) is 18.4. The summed E-state index contributed by atoms with van der Waals surface area (Å²) in [5.41, 5.74) is 4.40. The molecular weight excluding hydrogens is 486 g/mol. The van der Waals surface area contributed by atoms with Crippen LogP contribution < -0.4 is 4.90 Å². The number of hydrogen-bond acceptors (Lipinski definition) is 8. The van der Waals surface area contributed by atoms with E-state index < -0.39 is 6.10 Å². The molecule has 3 amide bonds. The molecule has 0 aliphatic carbocycles. The molecule has 2 aliphatic rings. The van der Waals surface area contributed by atoms with Gasteiger partial charge < -0.3 is 14.9 Å². The van der Waals surface area contributed by atoms with Crippen molar-refractivity contribution in [2.45, 2.75) is 38.5 Å². The van der Waals surface area contributed by atoms with Crippen LogP contribution in [0.15, 0.2) is 49.2 Å². The molecule has 6 rings (SSSR count). The van der Waals surface area contributed by atoms with Gasteiger partial charge in [0, 0.05) is 68.3 Å². The average Bonchev–Trinajstić information content (AvgIpc) is 3.48. The molecule has 38 heavy (non-hydrogen) atoms. The second-order valence-electron chi connectivity index (χ2n) is 9.66. The van der Waals surface area contributed by atoms with Crippen LogP contribution in [0.5, 0.6) is 0 Å². The first kappa shape index (κ1) is 23.9. The van der Waals surface area contributed by atoms with Gasteiger partial charge in [0.1, 0.15) is 11.6 Å². The van der Waals surface area contributed by atoms with Gasteiger partial charge in [-0.2, -0.15) is 5.10 Å². The number of aliphatic hydroxyl groups is 1. The van der Waals surface area contributed by atoms with Crippen LogP contribution in [0, 0.1) is 0 Å². The molecule has 4 aromatic heterocycles. The van der Waals surface area contributed by atoms with Crippen LogP contribution in [-0.4, -0.2) is 88.8 Å². The summed E-state index contributed by atoms with van der Waals surface area (Å²) in [6.45, 7) is 2.85. The lowest BCUT2D eigenvalue weighted by Gasteiger charge is -2.43. The van der Waals surface area contributed by atoms with Crippen molar-refractivity contribution in [1.29, 1.82) is 0 Å². The van der Waals surface area contributed by atoms with Crippen LogP contribution in [0.2, 0.25) is 0 Å². The molecule has 12 nitrogen and oxygen atoms in total. The topological polar surface area (TPSA) is 133 Å². The Morgan fingerprint density at radius 1 is 1.11 bits per heavy atom. The van der Waals surface area contributed by atoms with E-state index in [9.17, 15) is 14.7 Å². The molecular formula is C26H27N9O3. The van der Waals surface area contributed by atoms with Gasteiger partial charge in [0.2, 0.25) is 5.95 Å². The molecule has 1 saturated heterocycles. The van der Waals surface area contributed by atoms with Gasteiger partial charge in [0.25, 0.3) is 5.91 Å². The number of carbonyl (C=O) groups excluding carboxylic acids is 2. The predicted octanol–water partition coefficient (Wildman–Crippen LogP) is 2.02. The van der Waals surface area contributed by atoms with Crippen LogP contribution in [0.4, 0.5) is 10.5 Å². The molecule has 1 N–H and O–H groups in total. The van der Waals surface area contributed by atoms with E-state index in [1.165, 1.54) is 6.92 Å². The van der Waals surface area contributed by atoms with Crippen molar-refractivity contribution in [1.82, 2.24) is 39.5 Å². The predicted molar refractivity (Wildman–Crippen MR) is 138 cm³/mol. The van der Waals surface area contributed by atoms with Crippen molar-refractivity contribution in [3.05, 3.63) is 54.7 Å². The highest BCUT2D eigenvalue weighted by Gasteiger charge is 2.38. The summed E-state index contributed by atoms with van der Waals surface area (Å²) < 4.78 is 1.58. The number of nitrogens with zero attached hydrogens (tertiary/aromatic N) is 9. The van der Waals surface area contributed by atoms with E-state index >= 15 is 0 Å². The molecule has 0 aromatic carbocycles. The van der Waals surface area contributed by atoms with Crippen molar-refractivity contribution in [2.75, 3.05) is 25.0 Å².